The van der Waals surface area contributed by atoms with Crippen LogP contribution in [0.25, 0.3) is 0 Å². The molecule has 2 aromatic carbocycles. The Morgan fingerprint density at radius 3 is 2.30 bits per heavy atom. The Kier molecular flexibility index (Phi) is 4.78. The number of rotatable bonds is 2. The monoisotopic (exact) mass is 407 g/mol. The Morgan fingerprint density at radius 1 is 1.07 bits per heavy atom. The fourth-order valence-electron chi connectivity index (χ4n) is 2.85. The first-order chi connectivity index (χ1) is 12.5. The molecule has 0 amide bonds. The van der Waals surface area contributed by atoms with Crippen LogP contribution in [0.15, 0.2) is 53.4 Å². The summed E-state index contributed by atoms with van der Waals surface area (Å²) in [5.74, 6) is -1.61. The van der Waals surface area contributed by atoms with Gasteiger partial charge in [0.15, 0.2) is 5.78 Å². The van der Waals surface area contributed by atoms with E-state index in [-0.39, 0.29) is 21.2 Å². The molecule has 1 aliphatic rings. The van der Waals surface area contributed by atoms with Crippen LogP contribution in [0.2, 0.25) is 5.02 Å². The van der Waals surface area contributed by atoms with Crippen molar-refractivity contribution in [2.75, 3.05) is 4.31 Å². The van der Waals surface area contributed by atoms with Crippen molar-refractivity contribution in [1.29, 1.82) is 0 Å². The van der Waals surface area contributed by atoms with Crippen molar-refractivity contribution in [1.82, 2.24) is 0 Å². The van der Waals surface area contributed by atoms with Crippen LogP contribution in [0.3, 0.4) is 0 Å². The van der Waals surface area contributed by atoms with E-state index in [9.17, 15) is 18.0 Å². The molecule has 0 N–H and O–H groups in total. The second-order valence-corrected chi connectivity index (χ2v) is 9.24. The van der Waals surface area contributed by atoms with Crippen LogP contribution in [-0.4, -0.2) is 31.8 Å². The summed E-state index contributed by atoms with van der Waals surface area (Å²) in [6.07, 6.45) is 0. The third-order valence-corrected chi connectivity index (χ3v) is 6.05. The zero-order valence-corrected chi connectivity index (χ0v) is 16.5. The number of hydrogen-bond donors (Lipinski definition) is 0. The number of ketones is 1. The first-order valence-corrected chi connectivity index (χ1v) is 10.0. The normalized spacial score (nSPS) is 18.7. The number of benzene rings is 2. The zero-order valence-electron chi connectivity index (χ0n) is 15.0. The minimum absolute atomic E-state index is 0.0397. The number of halogens is 1. The molecule has 0 bridgehead atoms. The van der Waals surface area contributed by atoms with Crippen LogP contribution in [0.4, 0.5) is 5.69 Å². The van der Waals surface area contributed by atoms with E-state index in [1.165, 1.54) is 30.3 Å². The predicted octanol–water partition coefficient (Wildman–Crippen LogP) is 3.44. The van der Waals surface area contributed by atoms with E-state index in [4.69, 9.17) is 16.3 Å². The molecule has 0 radical (unpaired) electrons. The van der Waals surface area contributed by atoms with Crippen molar-refractivity contribution >= 4 is 39.1 Å². The number of esters is 1. The predicted molar refractivity (Wildman–Crippen MR) is 102 cm³/mol. The topological polar surface area (TPSA) is 80.8 Å². The van der Waals surface area contributed by atoms with Crippen LogP contribution in [0, 0.1) is 0 Å². The van der Waals surface area contributed by atoms with Gasteiger partial charge in [0.2, 0.25) is 6.04 Å². The molecular weight excluding hydrogens is 390 g/mol. The van der Waals surface area contributed by atoms with Gasteiger partial charge in [-0.3, -0.25) is 4.79 Å². The number of nitrogens with zero attached hydrogens (tertiary/aromatic N) is 1. The molecule has 8 heteroatoms. The largest absolute Gasteiger partial charge is 0.458 e. The van der Waals surface area contributed by atoms with Gasteiger partial charge in [0.25, 0.3) is 10.0 Å². The SMILES string of the molecule is CC(C)(C)OC(=O)C1C(=O)c2ccccc2S(=O)(=O)N1c1ccccc1Cl. The molecule has 27 heavy (non-hydrogen) atoms. The summed E-state index contributed by atoms with van der Waals surface area (Å²) >= 11 is 6.19. The number of para-hydroxylation sites is 1. The first kappa shape index (κ1) is 19.4. The summed E-state index contributed by atoms with van der Waals surface area (Å²) in [6, 6.07) is 10.2. The fraction of sp³-hybridized carbons (Fsp3) is 0.263. The highest BCUT2D eigenvalue weighted by molar-refractivity contribution is 7.93. The van der Waals surface area contributed by atoms with Crippen molar-refractivity contribution in [3.8, 4) is 0 Å². The third kappa shape index (κ3) is 3.44. The molecule has 1 atom stereocenters. The summed E-state index contributed by atoms with van der Waals surface area (Å²) in [6.45, 7) is 4.92. The average molecular weight is 408 g/mol. The quantitative estimate of drug-likeness (QED) is 0.562. The lowest BCUT2D eigenvalue weighted by Crippen LogP contribution is -2.55. The summed E-state index contributed by atoms with van der Waals surface area (Å²) in [7, 11) is -4.21. The van der Waals surface area contributed by atoms with Crippen LogP contribution >= 0.6 is 11.6 Å². The van der Waals surface area contributed by atoms with E-state index in [1.54, 1.807) is 39.0 Å². The van der Waals surface area contributed by atoms with E-state index >= 15 is 0 Å². The van der Waals surface area contributed by atoms with Gasteiger partial charge >= 0.3 is 5.97 Å². The summed E-state index contributed by atoms with van der Waals surface area (Å²) in [5, 5.41) is 0.0989. The molecule has 142 valence electrons. The van der Waals surface area contributed by atoms with Crippen LogP contribution < -0.4 is 4.31 Å². The summed E-state index contributed by atoms with van der Waals surface area (Å²) in [5.41, 5.74) is -0.904. The van der Waals surface area contributed by atoms with Gasteiger partial charge in [-0.05, 0) is 45.0 Å². The maximum atomic E-state index is 13.3. The van der Waals surface area contributed by atoms with Gasteiger partial charge < -0.3 is 4.74 Å². The van der Waals surface area contributed by atoms with Crippen LogP contribution in [0.5, 0.6) is 0 Å². The maximum Gasteiger partial charge on any atom is 0.338 e. The second-order valence-electron chi connectivity index (χ2n) is 7.05. The van der Waals surface area contributed by atoms with Crippen molar-refractivity contribution in [3.05, 3.63) is 59.1 Å². The van der Waals surface area contributed by atoms with E-state index in [1.807, 2.05) is 0 Å². The van der Waals surface area contributed by atoms with Crippen LogP contribution in [-0.2, 0) is 19.6 Å². The zero-order chi connectivity index (χ0) is 20.0. The number of sulfonamides is 1. The molecular formula is C19H18ClNO5S. The Morgan fingerprint density at radius 2 is 1.67 bits per heavy atom. The number of carbonyl (C=O) groups excluding carboxylic acids is 2. The summed E-state index contributed by atoms with van der Waals surface area (Å²) < 4.78 is 32.7. The van der Waals surface area contributed by atoms with Crippen LogP contribution in [0.1, 0.15) is 31.1 Å². The molecule has 0 aromatic heterocycles. The minimum atomic E-state index is -4.21. The van der Waals surface area contributed by atoms with Gasteiger partial charge in [-0.25, -0.2) is 17.5 Å². The third-order valence-electron chi connectivity index (χ3n) is 3.89. The van der Waals surface area contributed by atoms with Gasteiger partial charge in [0.1, 0.15) is 5.60 Å². The maximum absolute atomic E-state index is 13.3. The lowest BCUT2D eigenvalue weighted by atomic mass is 10.0. The fourth-order valence-corrected chi connectivity index (χ4v) is 4.92. The van der Waals surface area contributed by atoms with Crippen molar-refractivity contribution in [3.63, 3.8) is 0 Å². The van der Waals surface area contributed by atoms with E-state index in [0.717, 1.165) is 4.31 Å². The van der Waals surface area contributed by atoms with Gasteiger partial charge in [-0.15, -0.1) is 0 Å². The Labute approximate surface area is 162 Å². The number of hydrogen-bond acceptors (Lipinski definition) is 5. The highest BCUT2D eigenvalue weighted by Gasteiger charge is 2.49. The van der Waals surface area contributed by atoms with Gasteiger partial charge in [0.05, 0.1) is 15.6 Å². The standard InChI is InChI=1S/C19H18ClNO5S/c1-19(2,3)26-18(23)16-17(22)12-8-4-7-11-15(12)27(24,25)21(16)14-10-6-5-9-13(14)20/h4-11,16H,1-3H3. The number of Topliss-reactive ketones (excluding diaryl/α,β-unsaturated/α-hetero) is 1. The molecule has 1 heterocycles. The average Bonchev–Trinajstić information content (AvgIpc) is 2.57. The Bertz CT molecular complexity index is 1030. The van der Waals surface area contributed by atoms with Gasteiger partial charge in [0, 0.05) is 5.56 Å². The molecule has 0 saturated carbocycles. The van der Waals surface area contributed by atoms with E-state index in [2.05, 4.69) is 0 Å². The number of ether oxygens (including phenoxy) is 1. The van der Waals surface area contributed by atoms with Crippen molar-refractivity contribution in [2.45, 2.75) is 37.3 Å². The summed E-state index contributed by atoms with van der Waals surface area (Å²) in [4.78, 5) is 25.7. The highest BCUT2D eigenvalue weighted by atomic mass is 35.5. The molecule has 0 saturated heterocycles. The van der Waals surface area contributed by atoms with Crippen molar-refractivity contribution in [2.24, 2.45) is 0 Å². The molecule has 3 rings (SSSR count). The van der Waals surface area contributed by atoms with Gasteiger partial charge in [-0.2, -0.15) is 0 Å². The smallest absolute Gasteiger partial charge is 0.338 e. The lowest BCUT2D eigenvalue weighted by molar-refractivity contribution is -0.154. The number of anilines is 1. The molecule has 1 aliphatic heterocycles. The molecule has 0 fully saturated rings. The number of fused-ring (bicyclic) bond motifs is 1. The lowest BCUT2D eigenvalue weighted by Gasteiger charge is -2.36. The minimum Gasteiger partial charge on any atom is -0.458 e. The molecule has 0 spiro atoms. The number of carbonyl (C=O) groups is 2. The Hall–Kier alpha value is -2.38. The molecule has 2 aromatic rings. The second kappa shape index (κ2) is 6.65. The Balaban J connectivity index is 2.27. The highest BCUT2D eigenvalue weighted by Crippen LogP contribution is 2.38. The molecule has 1 unspecified atom stereocenters. The van der Waals surface area contributed by atoms with E-state index < -0.39 is 33.4 Å². The first-order valence-electron chi connectivity index (χ1n) is 8.19. The van der Waals surface area contributed by atoms with Crippen molar-refractivity contribution < 1.29 is 22.7 Å². The van der Waals surface area contributed by atoms with Gasteiger partial charge in [-0.1, -0.05) is 35.9 Å². The van der Waals surface area contributed by atoms with E-state index in [0.29, 0.717) is 0 Å². The molecule has 0 aliphatic carbocycles. The molecule has 6 nitrogen and oxygen atoms in total.